The maximum Gasteiger partial charge on any atom is 0.181 e. The van der Waals surface area contributed by atoms with Crippen molar-refractivity contribution in [2.75, 3.05) is 7.05 Å². The number of nitrogens with zero attached hydrogens (tertiary/aromatic N) is 1. The molecule has 3 unspecified atom stereocenters. The van der Waals surface area contributed by atoms with Gasteiger partial charge in [-0.25, -0.2) is 0 Å². The molecule has 1 saturated heterocycles. The lowest BCUT2D eigenvalue weighted by Gasteiger charge is -1.99. The number of halogens is 1. The maximum atomic E-state index is 12.4. The van der Waals surface area contributed by atoms with Crippen LogP contribution < -0.4 is 0 Å². The predicted octanol–water partition coefficient (Wildman–Crippen LogP) is 3.69. The van der Waals surface area contributed by atoms with Crippen molar-refractivity contribution >= 4 is 21.7 Å². The van der Waals surface area contributed by atoms with E-state index in [1.807, 2.05) is 49.5 Å². The summed E-state index contributed by atoms with van der Waals surface area (Å²) < 4.78 is 1.06. The number of Topliss-reactive ketones (excluding diaryl/α,β-unsaturated/α-hetero) is 1. The molecule has 0 amide bonds. The van der Waals surface area contributed by atoms with Crippen LogP contribution in [-0.4, -0.2) is 23.8 Å². The van der Waals surface area contributed by atoms with Crippen LogP contribution in [0.25, 0.3) is 0 Å². The van der Waals surface area contributed by atoms with Crippen LogP contribution in [0.4, 0.5) is 0 Å². The molecule has 96 valence electrons. The summed E-state index contributed by atoms with van der Waals surface area (Å²) in [7, 11) is 2.00. The second kappa shape index (κ2) is 4.91. The third-order valence-corrected chi connectivity index (χ3v) is 4.15. The fourth-order valence-corrected chi connectivity index (χ4v) is 2.78. The van der Waals surface area contributed by atoms with E-state index in [1.54, 1.807) is 0 Å². The SMILES string of the molecule is CN1C(C(=O)c2ccccc2)C1c1ccc(Br)cc1. The average molecular weight is 316 g/mol. The Bertz CT molecular complexity index is 594. The van der Waals surface area contributed by atoms with Crippen LogP contribution in [-0.2, 0) is 0 Å². The van der Waals surface area contributed by atoms with Gasteiger partial charge in [0.1, 0.15) is 0 Å². The molecule has 3 heteroatoms. The smallest absolute Gasteiger partial charge is 0.181 e. The molecule has 0 N–H and O–H groups in total. The van der Waals surface area contributed by atoms with E-state index in [4.69, 9.17) is 0 Å². The van der Waals surface area contributed by atoms with Crippen molar-refractivity contribution < 1.29 is 4.79 Å². The molecule has 1 fully saturated rings. The summed E-state index contributed by atoms with van der Waals surface area (Å²) in [5.74, 6) is 0.205. The van der Waals surface area contributed by atoms with Crippen molar-refractivity contribution in [2.24, 2.45) is 0 Å². The lowest BCUT2D eigenvalue weighted by Crippen LogP contribution is -2.11. The quantitative estimate of drug-likeness (QED) is 0.636. The maximum absolute atomic E-state index is 12.4. The lowest BCUT2D eigenvalue weighted by molar-refractivity contribution is 0.0977. The minimum absolute atomic E-state index is 0.0245. The topological polar surface area (TPSA) is 20.1 Å². The van der Waals surface area contributed by atoms with E-state index >= 15 is 0 Å². The van der Waals surface area contributed by atoms with Gasteiger partial charge in [0.05, 0.1) is 12.1 Å². The minimum Gasteiger partial charge on any atom is -0.292 e. The van der Waals surface area contributed by atoms with Crippen molar-refractivity contribution in [3.63, 3.8) is 0 Å². The summed E-state index contributed by atoms with van der Waals surface area (Å²) in [6.45, 7) is 0. The van der Waals surface area contributed by atoms with E-state index in [0.717, 1.165) is 10.0 Å². The number of carbonyl (C=O) groups is 1. The summed E-state index contributed by atoms with van der Waals surface area (Å²) in [5.41, 5.74) is 1.99. The van der Waals surface area contributed by atoms with Gasteiger partial charge in [0.2, 0.25) is 0 Å². The Kier molecular flexibility index (Phi) is 3.25. The molecule has 0 radical (unpaired) electrons. The molecule has 0 aliphatic carbocycles. The van der Waals surface area contributed by atoms with Crippen molar-refractivity contribution in [3.05, 3.63) is 70.2 Å². The van der Waals surface area contributed by atoms with Crippen LogP contribution in [0.3, 0.4) is 0 Å². The lowest BCUT2D eigenvalue weighted by atomic mass is 10.0. The zero-order valence-corrected chi connectivity index (χ0v) is 12.2. The standard InChI is InChI=1S/C16H14BrNO/c1-18-14(11-7-9-13(17)10-8-11)15(18)16(19)12-5-3-2-4-6-12/h2-10,14-15H,1H3. The molecule has 0 saturated carbocycles. The summed E-state index contributed by atoms with van der Waals surface area (Å²) in [4.78, 5) is 14.5. The highest BCUT2D eigenvalue weighted by Gasteiger charge is 2.50. The predicted molar refractivity (Wildman–Crippen MR) is 79.2 cm³/mol. The Morgan fingerprint density at radius 1 is 1.05 bits per heavy atom. The van der Waals surface area contributed by atoms with E-state index in [-0.39, 0.29) is 17.9 Å². The minimum atomic E-state index is -0.0245. The summed E-state index contributed by atoms with van der Waals surface area (Å²) in [5, 5.41) is 0. The van der Waals surface area contributed by atoms with Crippen LogP contribution in [0.1, 0.15) is 22.0 Å². The highest BCUT2D eigenvalue weighted by molar-refractivity contribution is 9.10. The Morgan fingerprint density at radius 3 is 2.32 bits per heavy atom. The number of likely N-dealkylation sites (N-methyl/N-ethyl adjacent to an activating group) is 1. The summed E-state index contributed by atoms with van der Waals surface area (Å²) in [6.07, 6.45) is 0. The number of hydrogen-bond donors (Lipinski definition) is 0. The molecule has 2 nitrogen and oxygen atoms in total. The van der Waals surface area contributed by atoms with Gasteiger partial charge >= 0.3 is 0 Å². The number of hydrogen-bond acceptors (Lipinski definition) is 2. The van der Waals surface area contributed by atoms with Crippen molar-refractivity contribution in [3.8, 4) is 0 Å². The summed E-state index contributed by atoms with van der Waals surface area (Å²) >= 11 is 3.43. The monoisotopic (exact) mass is 315 g/mol. The Morgan fingerprint density at radius 2 is 1.68 bits per heavy atom. The largest absolute Gasteiger partial charge is 0.292 e. The Hall–Kier alpha value is -1.45. The van der Waals surface area contributed by atoms with Gasteiger partial charge in [-0.3, -0.25) is 9.69 Å². The average Bonchev–Trinajstić information content (AvgIpc) is 3.11. The molecule has 0 spiro atoms. The second-order valence-electron chi connectivity index (χ2n) is 4.84. The van der Waals surface area contributed by atoms with E-state index in [9.17, 15) is 4.79 Å². The number of benzene rings is 2. The highest BCUT2D eigenvalue weighted by Crippen LogP contribution is 2.43. The van der Waals surface area contributed by atoms with Gasteiger partial charge < -0.3 is 0 Å². The first-order valence-electron chi connectivity index (χ1n) is 6.25. The van der Waals surface area contributed by atoms with E-state index in [1.165, 1.54) is 5.56 Å². The van der Waals surface area contributed by atoms with Crippen LogP contribution in [0.15, 0.2) is 59.1 Å². The Labute approximate surface area is 121 Å². The van der Waals surface area contributed by atoms with Gasteiger partial charge in [0.25, 0.3) is 0 Å². The summed E-state index contributed by atoms with van der Waals surface area (Å²) in [6, 6.07) is 17.9. The van der Waals surface area contributed by atoms with Crippen molar-refractivity contribution in [1.29, 1.82) is 0 Å². The molecule has 0 aromatic heterocycles. The van der Waals surface area contributed by atoms with Gasteiger partial charge in [-0.1, -0.05) is 58.4 Å². The van der Waals surface area contributed by atoms with Gasteiger partial charge in [-0.05, 0) is 24.7 Å². The van der Waals surface area contributed by atoms with E-state index in [2.05, 4.69) is 33.0 Å². The molecule has 19 heavy (non-hydrogen) atoms. The normalized spacial score (nSPS) is 25.1. The highest BCUT2D eigenvalue weighted by atomic mass is 79.9. The van der Waals surface area contributed by atoms with Gasteiger partial charge in [-0.2, -0.15) is 0 Å². The zero-order valence-electron chi connectivity index (χ0n) is 10.6. The third-order valence-electron chi connectivity index (χ3n) is 3.63. The van der Waals surface area contributed by atoms with E-state index in [0.29, 0.717) is 0 Å². The van der Waals surface area contributed by atoms with Crippen LogP contribution >= 0.6 is 15.9 Å². The fraction of sp³-hybridized carbons (Fsp3) is 0.188. The second-order valence-corrected chi connectivity index (χ2v) is 5.75. The molecule has 1 heterocycles. The first-order valence-corrected chi connectivity index (χ1v) is 7.04. The van der Waals surface area contributed by atoms with Crippen LogP contribution in [0, 0.1) is 0 Å². The van der Waals surface area contributed by atoms with Crippen molar-refractivity contribution in [2.45, 2.75) is 12.1 Å². The fourth-order valence-electron chi connectivity index (χ4n) is 2.52. The third kappa shape index (κ3) is 2.36. The Balaban J connectivity index is 1.81. The molecule has 1 aliphatic heterocycles. The van der Waals surface area contributed by atoms with Crippen LogP contribution in [0.5, 0.6) is 0 Å². The molecule has 3 rings (SSSR count). The number of rotatable bonds is 3. The van der Waals surface area contributed by atoms with Gasteiger partial charge in [0, 0.05) is 10.0 Å². The molecule has 1 aliphatic rings. The number of carbonyl (C=O) groups excluding carboxylic acids is 1. The first kappa shape index (κ1) is 12.6. The molecule has 3 atom stereocenters. The van der Waals surface area contributed by atoms with Gasteiger partial charge in [0.15, 0.2) is 5.78 Å². The molecule has 2 aromatic rings. The van der Waals surface area contributed by atoms with Crippen molar-refractivity contribution in [1.82, 2.24) is 4.90 Å². The molecular weight excluding hydrogens is 302 g/mol. The first-order chi connectivity index (χ1) is 9.18. The number of ketones is 1. The van der Waals surface area contributed by atoms with Gasteiger partial charge in [-0.15, -0.1) is 0 Å². The van der Waals surface area contributed by atoms with E-state index < -0.39 is 0 Å². The molecule has 0 bridgehead atoms. The van der Waals surface area contributed by atoms with Crippen LogP contribution in [0.2, 0.25) is 0 Å². The molecule has 2 aromatic carbocycles. The zero-order chi connectivity index (χ0) is 13.4. The molecular formula is C16H14BrNO.